The zero-order chi connectivity index (χ0) is 8.27. The van der Waals surface area contributed by atoms with Crippen molar-refractivity contribution in [2.75, 3.05) is 6.61 Å². The topological polar surface area (TPSA) is 38.3 Å². The highest BCUT2D eigenvalue weighted by atomic mass is 32.1. The number of ether oxygens (including phenoxy) is 1. The van der Waals surface area contributed by atoms with Crippen molar-refractivity contribution in [2.24, 2.45) is 0 Å². The molecule has 0 unspecified atom stereocenters. The molecule has 1 rings (SSSR count). The maximum atomic E-state index is 11.0. The SMILES string of the molecule is CCOC(=O)C1=CNC(=S)C1. The van der Waals surface area contributed by atoms with E-state index in [4.69, 9.17) is 17.0 Å². The fraction of sp³-hybridized carbons (Fsp3) is 0.429. The normalized spacial score (nSPS) is 15.7. The number of carbonyl (C=O) groups excluding carboxylic acids is 1. The highest BCUT2D eigenvalue weighted by molar-refractivity contribution is 7.80. The van der Waals surface area contributed by atoms with Crippen LogP contribution in [-0.2, 0) is 9.53 Å². The lowest BCUT2D eigenvalue weighted by molar-refractivity contribution is -0.138. The highest BCUT2D eigenvalue weighted by Gasteiger charge is 2.16. The summed E-state index contributed by atoms with van der Waals surface area (Å²) in [5, 5.41) is 2.78. The van der Waals surface area contributed by atoms with E-state index in [1.165, 1.54) is 0 Å². The maximum absolute atomic E-state index is 11.0. The molecule has 4 heteroatoms. The van der Waals surface area contributed by atoms with Gasteiger partial charge in [0.15, 0.2) is 0 Å². The minimum absolute atomic E-state index is 0.278. The van der Waals surface area contributed by atoms with Gasteiger partial charge in [0, 0.05) is 12.6 Å². The number of hydrogen-bond donors (Lipinski definition) is 1. The number of rotatable bonds is 2. The van der Waals surface area contributed by atoms with Crippen molar-refractivity contribution >= 4 is 23.2 Å². The molecule has 1 heterocycles. The fourth-order valence-electron chi connectivity index (χ4n) is 0.798. The van der Waals surface area contributed by atoms with E-state index in [2.05, 4.69) is 5.32 Å². The monoisotopic (exact) mass is 171 g/mol. The van der Waals surface area contributed by atoms with Crippen molar-refractivity contribution in [3.05, 3.63) is 11.8 Å². The first-order valence-corrected chi connectivity index (χ1v) is 3.80. The van der Waals surface area contributed by atoms with Gasteiger partial charge in [-0.3, -0.25) is 0 Å². The van der Waals surface area contributed by atoms with E-state index in [1.54, 1.807) is 13.1 Å². The zero-order valence-corrected chi connectivity index (χ0v) is 7.03. The third-order valence-electron chi connectivity index (χ3n) is 1.30. The zero-order valence-electron chi connectivity index (χ0n) is 6.22. The number of hydrogen-bond acceptors (Lipinski definition) is 3. The van der Waals surface area contributed by atoms with Crippen LogP contribution in [0.3, 0.4) is 0 Å². The molecule has 0 aromatic rings. The van der Waals surface area contributed by atoms with E-state index in [0.29, 0.717) is 23.6 Å². The molecule has 0 spiro atoms. The largest absolute Gasteiger partial charge is 0.463 e. The second kappa shape index (κ2) is 3.48. The van der Waals surface area contributed by atoms with Crippen LogP contribution < -0.4 is 5.32 Å². The molecule has 1 aliphatic heterocycles. The number of thiocarbonyl (C=S) groups is 1. The summed E-state index contributed by atoms with van der Waals surface area (Å²) in [6, 6.07) is 0. The molecule has 0 aliphatic carbocycles. The third kappa shape index (κ3) is 2.01. The first kappa shape index (κ1) is 8.20. The van der Waals surface area contributed by atoms with E-state index in [-0.39, 0.29) is 5.97 Å². The van der Waals surface area contributed by atoms with Crippen molar-refractivity contribution in [1.29, 1.82) is 0 Å². The summed E-state index contributed by atoms with van der Waals surface area (Å²) >= 11 is 4.83. The van der Waals surface area contributed by atoms with Crippen LogP contribution in [0.1, 0.15) is 13.3 Å². The van der Waals surface area contributed by atoms with Gasteiger partial charge in [-0.15, -0.1) is 0 Å². The Bertz CT molecular complexity index is 222. The molecule has 1 N–H and O–H groups in total. The molecule has 0 aromatic carbocycles. The predicted octanol–water partition coefficient (Wildman–Crippen LogP) is 0.754. The summed E-state index contributed by atoms with van der Waals surface area (Å²) < 4.78 is 4.77. The molecule has 0 radical (unpaired) electrons. The van der Waals surface area contributed by atoms with Crippen molar-refractivity contribution < 1.29 is 9.53 Å². The van der Waals surface area contributed by atoms with Gasteiger partial charge in [0.2, 0.25) is 0 Å². The molecule has 11 heavy (non-hydrogen) atoms. The second-order valence-electron chi connectivity index (χ2n) is 2.13. The van der Waals surface area contributed by atoms with Gasteiger partial charge in [-0.25, -0.2) is 4.79 Å². The Hall–Kier alpha value is -0.900. The van der Waals surface area contributed by atoms with Crippen molar-refractivity contribution in [2.45, 2.75) is 13.3 Å². The van der Waals surface area contributed by atoms with E-state index >= 15 is 0 Å². The van der Waals surface area contributed by atoms with Crippen LogP contribution in [0, 0.1) is 0 Å². The van der Waals surface area contributed by atoms with Gasteiger partial charge in [-0.2, -0.15) is 0 Å². The van der Waals surface area contributed by atoms with Crippen LogP contribution in [0.25, 0.3) is 0 Å². The summed E-state index contributed by atoms with van der Waals surface area (Å²) in [7, 11) is 0. The molecule has 0 saturated carbocycles. The summed E-state index contributed by atoms with van der Waals surface area (Å²) in [6.07, 6.45) is 2.11. The summed E-state index contributed by atoms with van der Waals surface area (Å²) in [6.45, 7) is 2.18. The van der Waals surface area contributed by atoms with Gasteiger partial charge in [0.25, 0.3) is 0 Å². The van der Waals surface area contributed by atoms with Crippen LogP contribution in [0.4, 0.5) is 0 Å². The van der Waals surface area contributed by atoms with Gasteiger partial charge >= 0.3 is 5.97 Å². The molecule has 0 bridgehead atoms. The Morgan fingerprint density at radius 1 is 1.91 bits per heavy atom. The molecule has 3 nitrogen and oxygen atoms in total. The van der Waals surface area contributed by atoms with Gasteiger partial charge in [0.05, 0.1) is 17.2 Å². The van der Waals surface area contributed by atoms with Crippen molar-refractivity contribution in [3.63, 3.8) is 0 Å². The van der Waals surface area contributed by atoms with Gasteiger partial charge in [-0.1, -0.05) is 12.2 Å². The number of carbonyl (C=O) groups is 1. The molecular formula is C7H9NO2S. The minimum Gasteiger partial charge on any atom is -0.463 e. The van der Waals surface area contributed by atoms with Crippen LogP contribution in [0.2, 0.25) is 0 Å². The quantitative estimate of drug-likeness (QED) is 0.491. The molecule has 0 fully saturated rings. The van der Waals surface area contributed by atoms with Crippen LogP contribution in [0.15, 0.2) is 11.8 Å². The summed E-state index contributed by atoms with van der Waals surface area (Å²) in [4.78, 5) is 11.7. The highest BCUT2D eigenvalue weighted by Crippen LogP contribution is 2.09. The number of esters is 1. The van der Waals surface area contributed by atoms with E-state index in [1.807, 2.05) is 0 Å². The van der Waals surface area contributed by atoms with Crippen LogP contribution in [0.5, 0.6) is 0 Å². The maximum Gasteiger partial charge on any atom is 0.335 e. The average molecular weight is 171 g/mol. The van der Waals surface area contributed by atoms with Crippen molar-refractivity contribution in [3.8, 4) is 0 Å². The molecular weight excluding hydrogens is 162 g/mol. The molecule has 0 saturated heterocycles. The van der Waals surface area contributed by atoms with E-state index in [9.17, 15) is 4.79 Å². The van der Waals surface area contributed by atoms with Gasteiger partial charge in [0.1, 0.15) is 0 Å². The summed E-state index contributed by atoms with van der Waals surface area (Å²) in [5.41, 5.74) is 0.608. The lowest BCUT2D eigenvalue weighted by Gasteiger charge is -1.98. The molecule has 0 atom stereocenters. The van der Waals surface area contributed by atoms with Gasteiger partial charge in [-0.05, 0) is 6.92 Å². The second-order valence-corrected chi connectivity index (χ2v) is 2.63. The molecule has 0 aromatic heterocycles. The first-order chi connectivity index (χ1) is 5.24. The first-order valence-electron chi connectivity index (χ1n) is 3.39. The Morgan fingerprint density at radius 2 is 2.64 bits per heavy atom. The number of nitrogens with one attached hydrogen (secondary N) is 1. The minimum atomic E-state index is -0.278. The molecule has 0 amide bonds. The Kier molecular flexibility index (Phi) is 2.59. The van der Waals surface area contributed by atoms with E-state index in [0.717, 1.165) is 0 Å². The molecule has 60 valence electrons. The predicted molar refractivity (Wildman–Crippen MR) is 45.1 cm³/mol. The smallest absolute Gasteiger partial charge is 0.335 e. The van der Waals surface area contributed by atoms with Crippen molar-refractivity contribution in [1.82, 2.24) is 5.32 Å². The Balaban J connectivity index is 2.49. The van der Waals surface area contributed by atoms with Gasteiger partial charge < -0.3 is 10.1 Å². The van der Waals surface area contributed by atoms with E-state index < -0.39 is 0 Å². The standard InChI is InChI=1S/C7H9NO2S/c1-2-10-7(9)5-3-6(11)8-4-5/h4H,2-3H2,1H3,(H,8,11). The fourth-order valence-corrected chi connectivity index (χ4v) is 1.01. The lowest BCUT2D eigenvalue weighted by Crippen LogP contribution is -2.07. The average Bonchev–Trinajstić information content (AvgIpc) is 2.36. The van der Waals surface area contributed by atoms with Crippen LogP contribution in [-0.4, -0.2) is 17.6 Å². The lowest BCUT2D eigenvalue weighted by atomic mass is 10.2. The summed E-state index contributed by atoms with van der Waals surface area (Å²) in [5.74, 6) is -0.278. The Morgan fingerprint density at radius 3 is 3.09 bits per heavy atom. The van der Waals surface area contributed by atoms with Crippen LogP contribution >= 0.6 is 12.2 Å². The third-order valence-corrected chi connectivity index (χ3v) is 1.56. The Labute approximate surface area is 70.4 Å². The molecule has 1 aliphatic rings.